The predicted octanol–water partition coefficient (Wildman–Crippen LogP) is 4.38. The lowest BCUT2D eigenvalue weighted by Crippen LogP contribution is -2.17. The Balaban J connectivity index is 1.89. The van der Waals surface area contributed by atoms with Crippen molar-refractivity contribution in [3.63, 3.8) is 0 Å². The van der Waals surface area contributed by atoms with Crippen LogP contribution in [0.2, 0.25) is 0 Å². The second kappa shape index (κ2) is 7.09. The number of fused-ring (bicyclic) bond motifs is 1. The minimum Gasteiger partial charge on any atom is -0.492 e. The Labute approximate surface area is 154 Å². The van der Waals surface area contributed by atoms with Gasteiger partial charge in [0.05, 0.1) is 23.6 Å². The van der Waals surface area contributed by atoms with Crippen molar-refractivity contribution in [1.29, 1.82) is 0 Å². The molecule has 27 heavy (non-hydrogen) atoms. The molecular weight excluding hydrogens is 361 g/mol. The monoisotopic (exact) mass is 380 g/mol. The maximum absolute atomic E-state index is 12.8. The Bertz CT molecular complexity index is 881. The standard InChI is InChI=1S/C19H19F3N2O3/c1-4-26-16-8-12-7-10(2)27-15(12)9-14(16)24-18(25)13-5-6-17(19(20,21)22)23-11(13)3/h5-6,8-10H,4,7H2,1-3H3,(H,24,25). The van der Waals surface area contributed by atoms with Crippen molar-refractivity contribution in [2.24, 2.45) is 0 Å². The maximum Gasteiger partial charge on any atom is 0.433 e. The minimum atomic E-state index is -4.56. The normalized spacial score (nSPS) is 15.9. The van der Waals surface area contributed by atoms with E-state index in [1.54, 1.807) is 6.07 Å². The van der Waals surface area contributed by atoms with Gasteiger partial charge < -0.3 is 14.8 Å². The molecule has 1 aromatic heterocycles. The van der Waals surface area contributed by atoms with E-state index in [2.05, 4.69) is 10.3 Å². The molecule has 1 aromatic carbocycles. The number of pyridine rings is 1. The molecule has 0 spiro atoms. The molecule has 0 bridgehead atoms. The van der Waals surface area contributed by atoms with Gasteiger partial charge in [0.25, 0.3) is 5.91 Å². The number of halogens is 3. The molecule has 1 atom stereocenters. The van der Waals surface area contributed by atoms with E-state index in [0.717, 1.165) is 24.1 Å². The highest BCUT2D eigenvalue weighted by Crippen LogP contribution is 2.38. The van der Waals surface area contributed by atoms with Gasteiger partial charge in [-0.05, 0) is 39.0 Å². The summed E-state index contributed by atoms with van der Waals surface area (Å²) in [6.45, 7) is 5.53. The molecule has 1 aliphatic heterocycles. The molecule has 3 rings (SSSR count). The van der Waals surface area contributed by atoms with Crippen LogP contribution in [0.15, 0.2) is 24.3 Å². The van der Waals surface area contributed by atoms with E-state index < -0.39 is 17.8 Å². The summed E-state index contributed by atoms with van der Waals surface area (Å²) in [6, 6.07) is 5.40. The second-order valence-electron chi connectivity index (χ2n) is 6.30. The summed E-state index contributed by atoms with van der Waals surface area (Å²) in [4.78, 5) is 16.1. The van der Waals surface area contributed by atoms with Crippen LogP contribution in [-0.4, -0.2) is 23.6 Å². The Morgan fingerprint density at radius 3 is 2.74 bits per heavy atom. The van der Waals surface area contributed by atoms with E-state index >= 15 is 0 Å². The number of rotatable bonds is 4. The molecule has 0 radical (unpaired) electrons. The molecule has 0 saturated carbocycles. The molecule has 0 aliphatic carbocycles. The molecule has 1 aliphatic rings. The number of hydrogen-bond acceptors (Lipinski definition) is 4. The van der Waals surface area contributed by atoms with Gasteiger partial charge >= 0.3 is 6.18 Å². The first-order valence-electron chi connectivity index (χ1n) is 8.51. The number of ether oxygens (including phenoxy) is 2. The van der Waals surface area contributed by atoms with Crippen LogP contribution >= 0.6 is 0 Å². The van der Waals surface area contributed by atoms with E-state index in [1.807, 2.05) is 19.9 Å². The lowest BCUT2D eigenvalue weighted by molar-refractivity contribution is -0.141. The molecular formula is C19H19F3N2O3. The number of nitrogens with zero attached hydrogens (tertiary/aromatic N) is 1. The maximum atomic E-state index is 12.8. The summed E-state index contributed by atoms with van der Waals surface area (Å²) in [5, 5.41) is 2.69. The topological polar surface area (TPSA) is 60.5 Å². The Morgan fingerprint density at radius 1 is 1.37 bits per heavy atom. The van der Waals surface area contributed by atoms with Gasteiger partial charge in [0.15, 0.2) is 0 Å². The fraction of sp³-hybridized carbons (Fsp3) is 0.368. The fourth-order valence-corrected chi connectivity index (χ4v) is 2.96. The quantitative estimate of drug-likeness (QED) is 0.855. The summed E-state index contributed by atoms with van der Waals surface area (Å²) in [5.41, 5.74) is 0.392. The van der Waals surface area contributed by atoms with E-state index in [4.69, 9.17) is 9.47 Å². The van der Waals surface area contributed by atoms with Crippen molar-refractivity contribution < 1.29 is 27.4 Å². The van der Waals surface area contributed by atoms with Crippen LogP contribution < -0.4 is 14.8 Å². The molecule has 1 amide bonds. The van der Waals surface area contributed by atoms with E-state index in [0.29, 0.717) is 23.8 Å². The first-order valence-corrected chi connectivity index (χ1v) is 8.51. The van der Waals surface area contributed by atoms with Gasteiger partial charge in [-0.15, -0.1) is 0 Å². The van der Waals surface area contributed by atoms with Crippen LogP contribution in [0, 0.1) is 6.92 Å². The Hall–Kier alpha value is -2.77. The zero-order chi connectivity index (χ0) is 19.8. The largest absolute Gasteiger partial charge is 0.492 e. The third-order valence-corrected chi connectivity index (χ3v) is 4.17. The number of aryl methyl sites for hydroxylation is 1. The van der Waals surface area contributed by atoms with Gasteiger partial charge in [-0.3, -0.25) is 4.79 Å². The molecule has 2 heterocycles. The predicted molar refractivity (Wildman–Crippen MR) is 93.3 cm³/mol. The van der Waals surface area contributed by atoms with Crippen LogP contribution in [0.5, 0.6) is 11.5 Å². The van der Waals surface area contributed by atoms with Gasteiger partial charge in [0.1, 0.15) is 23.3 Å². The van der Waals surface area contributed by atoms with Crippen molar-refractivity contribution in [2.45, 2.75) is 39.5 Å². The van der Waals surface area contributed by atoms with Crippen molar-refractivity contribution in [1.82, 2.24) is 4.98 Å². The van der Waals surface area contributed by atoms with Crippen molar-refractivity contribution in [3.8, 4) is 11.5 Å². The summed E-state index contributed by atoms with van der Waals surface area (Å²) in [5.74, 6) is 0.573. The number of hydrogen-bond donors (Lipinski definition) is 1. The highest BCUT2D eigenvalue weighted by Gasteiger charge is 2.33. The van der Waals surface area contributed by atoms with Gasteiger partial charge in [0.2, 0.25) is 0 Å². The van der Waals surface area contributed by atoms with Crippen LogP contribution in [0.3, 0.4) is 0 Å². The highest BCUT2D eigenvalue weighted by atomic mass is 19.4. The molecule has 5 nitrogen and oxygen atoms in total. The minimum absolute atomic E-state index is 0.00804. The molecule has 8 heteroatoms. The zero-order valence-electron chi connectivity index (χ0n) is 15.1. The van der Waals surface area contributed by atoms with Gasteiger partial charge in [0, 0.05) is 18.1 Å². The van der Waals surface area contributed by atoms with Gasteiger partial charge in [-0.1, -0.05) is 0 Å². The number of benzene rings is 1. The number of alkyl halides is 3. The third-order valence-electron chi connectivity index (χ3n) is 4.17. The van der Waals surface area contributed by atoms with Crippen molar-refractivity contribution >= 4 is 11.6 Å². The summed E-state index contributed by atoms with van der Waals surface area (Å²) < 4.78 is 49.5. The zero-order valence-corrected chi connectivity index (χ0v) is 15.1. The lowest BCUT2D eigenvalue weighted by atomic mass is 10.1. The lowest BCUT2D eigenvalue weighted by Gasteiger charge is -2.15. The summed E-state index contributed by atoms with van der Waals surface area (Å²) >= 11 is 0. The molecule has 1 unspecified atom stereocenters. The van der Waals surface area contributed by atoms with Crippen LogP contribution in [0.4, 0.5) is 18.9 Å². The second-order valence-corrected chi connectivity index (χ2v) is 6.30. The third kappa shape index (κ3) is 3.99. The SMILES string of the molecule is CCOc1cc2c(cc1NC(=O)c1ccc(C(F)(F)F)nc1C)OC(C)C2. The summed E-state index contributed by atoms with van der Waals surface area (Å²) in [7, 11) is 0. The highest BCUT2D eigenvalue weighted by molar-refractivity contribution is 6.05. The smallest absolute Gasteiger partial charge is 0.433 e. The van der Waals surface area contributed by atoms with Crippen LogP contribution in [-0.2, 0) is 12.6 Å². The molecule has 0 fully saturated rings. The number of carbonyl (C=O) groups is 1. The Morgan fingerprint density at radius 2 is 2.11 bits per heavy atom. The van der Waals surface area contributed by atoms with Gasteiger partial charge in [-0.25, -0.2) is 4.98 Å². The van der Waals surface area contributed by atoms with E-state index in [9.17, 15) is 18.0 Å². The fourth-order valence-electron chi connectivity index (χ4n) is 2.96. The van der Waals surface area contributed by atoms with E-state index in [-0.39, 0.29) is 17.4 Å². The first-order chi connectivity index (χ1) is 12.7. The summed E-state index contributed by atoms with van der Waals surface area (Å²) in [6.07, 6.45) is -3.79. The number of amides is 1. The number of anilines is 1. The molecule has 2 aromatic rings. The number of carbonyl (C=O) groups excluding carboxylic acids is 1. The Kier molecular flexibility index (Phi) is 4.99. The molecule has 0 saturated heterocycles. The number of aromatic nitrogens is 1. The average molecular weight is 380 g/mol. The van der Waals surface area contributed by atoms with Crippen molar-refractivity contribution in [2.75, 3.05) is 11.9 Å². The first kappa shape index (κ1) is 19.0. The average Bonchev–Trinajstić information content (AvgIpc) is 2.93. The van der Waals surface area contributed by atoms with Crippen molar-refractivity contribution in [3.05, 3.63) is 46.8 Å². The molecule has 1 N–H and O–H groups in total. The van der Waals surface area contributed by atoms with Crippen LogP contribution in [0.25, 0.3) is 0 Å². The van der Waals surface area contributed by atoms with Crippen LogP contribution in [0.1, 0.15) is 41.2 Å². The van der Waals surface area contributed by atoms with Gasteiger partial charge in [-0.2, -0.15) is 13.2 Å². The van der Waals surface area contributed by atoms with E-state index in [1.165, 1.54) is 6.92 Å². The number of nitrogens with one attached hydrogen (secondary N) is 1. The molecule has 144 valence electrons.